The van der Waals surface area contributed by atoms with Gasteiger partial charge in [0.05, 0.1) is 30.3 Å². The molecule has 35 heavy (non-hydrogen) atoms. The lowest BCUT2D eigenvalue weighted by atomic mass is 9.95. The second-order valence-corrected chi connectivity index (χ2v) is 18.0. The molecule has 206 valence electrons. The van der Waals surface area contributed by atoms with Gasteiger partial charge in [-0.3, -0.25) is 4.79 Å². The summed E-state index contributed by atoms with van der Waals surface area (Å²) >= 11 is 0. The van der Waals surface area contributed by atoms with Crippen molar-refractivity contribution in [3.8, 4) is 0 Å². The molecule has 0 bridgehead atoms. The highest BCUT2D eigenvalue weighted by Crippen LogP contribution is 2.42. The average molecular weight is 513 g/mol. The van der Waals surface area contributed by atoms with Crippen LogP contribution in [0.3, 0.4) is 0 Å². The van der Waals surface area contributed by atoms with Crippen LogP contribution in [0.5, 0.6) is 0 Å². The van der Waals surface area contributed by atoms with E-state index in [9.17, 15) is 9.90 Å². The Morgan fingerprint density at radius 1 is 0.943 bits per heavy atom. The van der Waals surface area contributed by atoms with Crippen LogP contribution in [0.1, 0.15) is 108 Å². The van der Waals surface area contributed by atoms with Gasteiger partial charge in [-0.05, 0) is 69.5 Å². The maximum Gasteiger partial charge on any atom is 0.311 e. The van der Waals surface area contributed by atoms with E-state index in [1.165, 1.54) is 0 Å². The summed E-state index contributed by atoms with van der Waals surface area (Å²) in [6.07, 6.45) is 9.37. The van der Waals surface area contributed by atoms with Crippen molar-refractivity contribution >= 4 is 14.3 Å². The fourth-order valence-electron chi connectivity index (χ4n) is 5.55. The smallest absolute Gasteiger partial charge is 0.311 e. The molecule has 0 amide bonds. The van der Waals surface area contributed by atoms with E-state index in [1.54, 1.807) is 0 Å². The Kier molecular flexibility index (Phi) is 13.8. The molecule has 0 fully saturated rings. The van der Waals surface area contributed by atoms with Crippen molar-refractivity contribution in [2.45, 2.75) is 143 Å². The predicted octanol–water partition coefficient (Wildman–Crippen LogP) is 7.43. The molecule has 0 unspecified atom stereocenters. The third kappa shape index (κ3) is 10.3. The summed E-state index contributed by atoms with van der Waals surface area (Å²) in [7, 11) is -1.80. The SMILES string of the molecule is CC(C)[Si](OCCC[C@H]1O[C@H](CCC[C@H](O)CCOC(=O)C(C)(C)C)C=C[C@@H]1C)(C(C)C)C(C)C. The minimum Gasteiger partial charge on any atom is -0.465 e. The van der Waals surface area contributed by atoms with E-state index in [0.717, 1.165) is 32.3 Å². The van der Waals surface area contributed by atoms with Crippen LogP contribution in [0.15, 0.2) is 12.2 Å². The van der Waals surface area contributed by atoms with Gasteiger partial charge in [-0.2, -0.15) is 0 Å². The highest BCUT2D eigenvalue weighted by atomic mass is 28.4. The molecule has 1 aliphatic rings. The lowest BCUT2D eigenvalue weighted by Gasteiger charge is -2.42. The maximum absolute atomic E-state index is 11.8. The average Bonchev–Trinajstić information content (AvgIpc) is 2.74. The zero-order valence-corrected chi connectivity index (χ0v) is 25.4. The van der Waals surface area contributed by atoms with Crippen molar-refractivity contribution in [1.82, 2.24) is 0 Å². The number of rotatable bonds is 15. The fraction of sp³-hybridized carbons (Fsp3) is 0.897. The molecule has 0 saturated carbocycles. The number of carbonyl (C=O) groups is 1. The van der Waals surface area contributed by atoms with Crippen molar-refractivity contribution in [1.29, 1.82) is 0 Å². The Hall–Kier alpha value is -0.693. The van der Waals surface area contributed by atoms with E-state index in [2.05, 4.69) is 60.6 Å². The summed E-state index contributed by atoms with van der Waals surface area (Å²) < 4.78 is 18.4. The number of esters is 1. The van der Waals surface area contributed by atoms with E-state index in [0.29, 0.717) is 35.4 Å². The van der Waals surface area contributed by atoms with Gasteiger partial charge in [-0.15, -0.1) is 0 Å². The van der Waals surface area contributed by atoms with Gasteiger partial charge in [0.15, 0.2) is 8.32 Å². The van der Waals surface area contributed by atoms with Crippen molar-refractivity contribution in [2.24, 2.45) is 11.3 Å². The van der Waals surface area contributed by atoms with Gasteiger partial charge >= 0.3 is 5.97 Å². The monoisotopic (exact) mass is 512 g/mol. The largest absolute Gasteiger partial charge is 0.465 e. The number of aliphatic hydroxyl groups is 1. The van der Waals surface area contributed by atoms with Crippen LogP contribution in [0.25, 0.3) is 0 Å². The molecule has 0 aromatic carbocycles. The van der Waals surface area contributed by atoms with Crippen LogP contribution in [-0.2, 0) is 18.7 Å². The quantitative estimate of drug-likeness (QED) is 0.107. The van der Waals surface area contributed by atoms with Gasteiger partial charge in [0, 0.05) is 18.9 Å². The number of aliphatic hydroxyl groups excluding tert-OH is 1. The first-order chi connectivity index (χ1) is 16.2. The first-order valence-electron chi connectivity index (χ1n) is 14.0. The Labute approximate surface area is 217 Å². The van der Waals surface area contributed by atoms with Crippen LogP contribution in [0, 0.1) is 11.3 Å². The maximum atomic E-state index is 11.8. The highest BCUT2D eigenvalue weighted by molar-refractivity contribution is 6.77. The third-order valence-electron chi connectivity index (χ3n) is 7.58. The normalized spacial score (nSPS) is 22.3. The van der Waals surface area contributed by atoms with Crippen molar-refractivity contribution < 1.29 is 23.8 Å². The van der Waals surface area contributed by atoms with Gasteiger partial charge < -0.3 is 19.0 Å². The number of ether oxygens (including phenoxy) is 2. The Balaban J connectivity index is 2.39. The summed E-state index contributed by atoms with van der Waals surface area (Å²) in [6.45, 7) is 22.9. The third-order valence-corrected chi connectivity index (χ3v) is 13.7. The molecule has 6 heteroatoms. The summed E-state index contributed by atoms with van der Waals surface area (Å²) in [5.74, 6) is 0.193. The molecule has 5 nitrogen and oxygen atoms in total. The molecule has 1 heterocycles. The van der Waals surface area contributed by atoms with Gasteiger partial charge in [0.25, 0.3) is 0 Å². The second-order valence-electron chi connectivity index (χ2n) is 12.5. The molecule has 1 rings (SSSR count). The van der Waals surface area contributed by atoms with Gasteiger partial charge in [0.1, 0.15) is 0 Å². The molecule has 0 aromatic heterocycles. The molecule has 0 radical (unpaired) electrons. The number of hydrogen-bond donors (Lipinski definition) is 1. The molecule has 0 aliphatic carbocycles. The van der Waals surface area contributed by atoms with Gasteiger partial charge in [-0.1, -0.05) is 60.6 Å². The Morgan fingerprint density at radius 3 is 2.09 bits per heavy atom. The molecule has 0 aromatic rings. The lowest BCUT2D eigenvalue weighted by Crippen LogP contribution is -2.48. The van der Waals surface area contributed by atoms with Crippen molar-refractivity contribution in [3.05, 3.63) is 12.2 Å². The lowest BCUT2D eigenvalue weighted by molar-refractivity contribution is -0.153. The summed E-state index contributed by atoms with van der Waals surface area (Å²) in [4.78, 5) is 11.8. The fourth-order valence-corrected chi connectivity index (χ4v) is 11.0. The van der Waals surface area contributed by atoms with Crippen LogP contribution in [0.2, 0.25) is 16.6 Å². The molecule has 4 atom stereocenters. The molecule has 1 aliphatic heterocycles. The number of hydrogen-bond acceptors (Lipinski definition) is 5. The summed E-state index contributed by atoms with van der Waals surface area (Å²) in [6, 6.07) is 0. The standard InChI is InChI=1S/C29H56O5Si/c1-21(2)35(22(3)4,23(5)6)33-19-12-15-27-24(7)16-17-26(34-27)14-11-13-25(30)18-20-32-28(31)29(8,9)10/h16-17,21-27,30H,11-15,18-20H2,1-10H3/t24-,25-,26+,27+/m0/s1. The molecule has 1 N–H and O–H groups in total. The second kappa shape index (κ2) is 14.9. The van der Waals surface area contributed by atoms with Crippen molar-refractivity contribution in [3.63, 3.8) is 0 Å². The van der Waals surface area contributed by atoms with Crippen LogP contribution in [-0.4, -0.2) is 50.9 Å². The Bertz CT molecular complexity index is 616. The minimum absolute atomic E-state index is 0.110. The van der Waals surface area contributed by atoms with Crippen LogP contribution < -0.4 is 0 Å². The molecule has 0 spiro atoms. The summed E-state index contributed by atoms with van der Waals surface area (Å²) in [5.41, 5.74) is 1.33. The van der Waals surface area contributed by atoms with Gasteiger partial charge in [-0.25, -0.2) is 0 Å². The van der Waals surface area contributed by atoms with Crippen molar-refractivity contribution in [2.75, 3.05) is 13.2 Å². The molecule has 0 saturated heterocycles. The Morgan fingerprint density at radius 2 is 1.54 bits per heavy atom. The van der Waals surface area contributed by atoms with E-state index in [-0.39, 0.29) is 24.8 Å². The molecular weight excluding hydrogens is 456 g/mol. The van der Waals surface area contributed by atoms with Crippen LogP contribution in [0.4, 0.5) is 0 Å². The predicted molar refractivity (Wildman–Crippen MR) is 148 cm³/mol. The van der Waals surface area contributed by atoms with E-state index >= 15 is 0 Å². The van der Waals surface area contributed by atoms with Crippen LogP contribution >= 0.6 is 0 Å². The molecular formula is C29H56O5Si. The minimum atomic E-state index is -1.80. The first kappa shape index (κ1) is 32.3. The zero-order valence-electron chi connectivity index (χ0n) is 24.4. The van der Waals surface area contributed by atoms with E-state index < -0.39 is 19.8 Å². The first-order valence-corrected chi connectivity index (χ1v) is 16.2. The van der Waals surface area contributed by atoms with E-state index in [1.807, 2.05) is 20.8 Å². The number of carbonyl (C=O) groups excluding carboxylic acids is 1. The van der Waals surface area contributed by atoms with E-state index in [4.69, 9.17) is 13.9 Å². The summed E-state index contributed by atoms with van der Waals surface area (Å²) in [5, 5.41) is 10.3. The highest BCUT2D eigenvalue weighted by Gasteiger charge is 2.44. The topological polar surface area (TPSA) is 65.0 Å². The van der Waals surface area contributed by atoms with Gasteiger partial charge in [0.2, 0.25) is 0 Å². The zero-order chi connectivity index (χ0) is 26.8.